The Morgan fingerprint density at radius 2 is 1.83 bits per heavy atom. The number of nitrogens with zero attached hydrogens (tertiary/aromatic N) is 2. The minimum absolute atomic E-state index is 0.176. The van der Waals surface area contributed by atoms with Crippen molar-refractivity contribution in [3.8, 4) is 5.75 Å². The summed E-state index contributed by atoms with van der Waals surface area (Å²) in [5.41, 5.74) is 0.831. The van der Waals surface area contributed by atoms with Gasteiger partial charge in [0.05, 0.1) is 6.26 Å². The lowest BCUT2D eigenvalue weighted by Crippen LogP contribution is -2.47. The fourth-order valence-corrected chi connectivity index (χ4v) is 3.20. The average Bonchev–Trinajstić information content (AvgIpc) is 2.44. The minimum Gasteiger partial charge on any atom is -0.484 e. The zero-order chi connectivity index (χ0) is 17.1. The highest BCUT2D eigenvalue weighted by Crippen LogP contribution is 2.20. The van der Waals surface area contributed by atoms with Crippen LogP contribution in [0.15, 0.2) is 24.3 Å². The van der Waals surface area contributed by atoms with Crippen molar-refractivity contribution in [3.63, 3.8) is 0 Å². The van der Waals surface area contributed by atoms with E-state index in [-0.39, 0.29) is 5.75 Å². The molecule has 0 amide bonds. The number of piperazine rings is 1. The normalized spacial score (nSPS) is 18.1. The van der Waals surface area contributed by atoms with E-state index in [1.54, 1.807) is 12.1 Å². The van der Waals surface area contributed by atoms with Gasteiger partial charge in [-0.2, -0.15) is 17.5 Å². The smallest absolute Gasteiger partial charge is 0.422 e. The van der Waals surface area contributed by atoms with Gasteiger partial charge in [-0.05, 0) is 17.7 Å². The second-order valence-electron chi connectivity index (χ2n) is 5.49. The summed E-state index contributed by atoms with van der Waals surface area (Å²) in [6, 6.07) is 6.52. The van der Waals surface area contributed by atoms with Gasteiger partial charge in [0.1, 0.15) is 5.75 Å². The van der Waals surface area contributed by atoms with Gasteiger partial charge in [0.2, 0.25) is 10.0 Å². The van der Waals surface area contributed by atoms with E-state index in [1.165, 1.54) is 16.6 Å². The third-order valence-electron chi connectivity index (χ3n) is 3.51. The van der Waals surface area contributed by atoms with E-state index in [9.17, 15) is 21.6 Å². The Morgan fingerprint density at radius 1 is 1.17 bits per heavy atom. The molecule has 0 N–H and O–H groups in total. The van der Waals surface area contributed by atoms with Crippen molar-refractivity contribution in [1.29, 1.82) is 0 Å². The monoisotopic (exact) mass is 352 g/mol. The van der Waals surface area contributed by atoms with Gasteiger partial charge in [-0.1, -0.05) is 12.1 Å². The van der Waals surface area contributed by atoms with Crippen LogP contribution in [0.1, 0.15) is 5.56 Å². The number of hydrogen-bond acceptors (Lipinski definition) is 4. The van der Waals surface area contributed by atoms with E-state index in [4.69, 9.17) is 4.74 Å². The van der Waals surface area contributed by atoms with Crippen LogP contribution in [-0.4, -0.2) is 62.8 Å². The zero-order valence-corrected chi connectivity index (χ0v) is 13.5. The quantitative estimate of drug-likeness (QED) is 0.810. The third kappa shape index (κ3) is 6.00. The van der Waals surface area contributed by atoms with Crippen molar-refractivity contribution in [3.05, 3.63) is 29.8 Å². The van der Waals surface area contributed by atoms with E-state index < -0.39 is 22.8 Å². The molecule has 5 nitrogen and oxygen atoms in total. The maximum absolute atomic E-state index is 12.2. The van der Waals surface area contributed by atoms with Crippen LogP contribution in [0, 0.1) is 0 Å². The molecule has 1 aromatic rings. The van der Waals surface area contributed by atoms with Gasteiger partial charge in [-0.15, -0.1) is 0 Å². The van der Waals surface area contributed by atoms with Crippen molar-refractivity contribution in [1.82, 2.24) is 9.21 Å². The molecular formula is C14H19F3N2O3S. The Balaban J connectivity index is 1.89. The van der Waals surface area contributed by atoms with Crippen LogP contribution < -0.4 is 4.74 Å². The standard InChI is InChI=1S/C14H19F3N2O3S/c1-23(20,21)19-7-5-18(6-8-19)10-12-3-2-4-13(9-12)22-11-14(15,16)17/h2-4,9H,5-8,10-11H2,1H3. The van der Waals surface area contributed by atoms with Gasteiger partial charge >= 0.3 is 6.18 Å². The van der Waals surface area contributed by atoms with Crippen molar-refractivity contribution in [2.75, 3.05) is 39.0 Å². The highest BCUT2D eigenvalue weighted by Gasteiger charge is 2.28. The third-order valence-corrected chi connectivity index (χ3v) is 4.81. The molecule has 0 radical (unpaired) electrons. The summed E-state index contributed by atoms with van der Waals surface area (Å²) in [5, 5.41) is 0. The Kier molecular flexibility index (Phi) is 5.53. The van der Waals surface area contributed by atoms with Crippen molar-refractivity contribution in [2.45, 2.75) is 12.7 Å². The summed E-state index contributed by atoms with van der Waals surface area (Å²) < 4.78 is 65.5. The van der Waals surface area contributed by atoms with Crippen LogP contribution in [-0.2, 0) is 16.6 Å². The summed E-state index contributed by atoms with van der Waals surface area (Å²) >= 11 is 0. The van der Waals surface area contributed by atoms with Crippen molar-refractivity contribution in [2.24, 2.45) is 0 Å². The number of benzene rings is 1. The molecule has 1 heterocycles. The molecule has 130 valence electrons. The molecular weight excluding hydrogens is 333 g/mol. The molecule has 23 heavy (non-hydrogen) atoms. The number of rotatable bonds is 5. The SMILES string of the molecule is CS(=O)(=O)N1CCN(Cc2cccc(OCC(F)(F)F)c2)CC1. The predicted octanol–water partition coefficient (Wildman–Crippen LogP) is 1.70. The summed E-state index contributed by atoms with van der Waals surface area (Å²) in [7, 11) is -3.17. The van der Waals surface area contributed by atoms with E-state index in [2.05, 4.69) is 4.90 Å². The lowest BCUT2D eigenvalue weighted by molar-refractivity contribution is -0.153. The van der Waals surface area contributed by atoms with Crippen LogP contribution in [0.4, 0.5) is 13.2 Å². The molecule has 1 fully saturated rings. The molecule has 9 heteroatoms. The van der Waals surface area contributed by atoms with Crippen molar-refractivity contribution >= 4 is 10.0 Å². The fourth-order valence-electron chi connectivity index (χ4n) is 2.38. The van der Waals surface area contributed by atoms with Gasteiger partial charge in [0.25, 0.3) is 0 Å². The van der Waals surface area contributed by atoms with E-state index in [0.717, 1.165) is 5.56 Å². The molecule has 0 bridgehead atoms. The van der Waals surface area contributed by atoms with Crippen molar-refractivity contribution < 1.29 is 26.3 Å². The van der Waals surface area contributed by atoms with Gasteiger partial charge < -0.3 is 4.74 Å². The Hall–Kier alpha value is -1.32. The second kappa shape index (κ2) is 7.06. The number of sulfonamides is 1. The molecule has 1 aliphatic rings. The lowest BCUT2D eigenvalue weighted by Gasteiger charge is -2.33. The first-order valence-corrected chi connectivity index (χ1v) is 8.94. The van der Waals surface area contributed by atoms with Crippen LogP contribution >= 0.6 is 0 Å². The fraction of sp³-hybridized carbons (Fsp3) is 0.571. The van der Waals surface area contributed by atoms with E-state index >= 15 is 0 Å². The average molecular weight is 352 g/mol. The lowest BCUT2D eigenvalue weighted by atomic mass is 10.2. The molecule has 0 spiro atoms. The topological polar surface area (TPSA) is 49.9 Å². The molecule has 0 aromatic heterocycles. The van der Waals surface area contributed by atoms with Gasteiger partial charge in [0, 0.05) is 32.7 Å². The predicted molar refractivity (Wildman–Crippen MR) is 79.7 cm³/mol. The summed E-state index contributed by atoms with van der Waals surface area (Å²) in [4.78, 5) is 2.06. The second-order valence-corrected chi connectivity index (χ2v) is 7.47. The molecule has 1 aromatic carbocycles. The number of ether oxygens (including phenoxy) is 1. The maximum atomic E-state index is 12.2. The van der Waals surface area contributed by atoms with Crippen LogP contribution in [0.3, 0.4) is 0 Å². The van der Waals surface area contributed by atoms with Crippen LogP contribution in [0.5, 0.6) is 5.75 Å². The number of alkyl halides is 3. The Bertz CT molecular complexity index is 626. The largest absolute Gasteiger partial charge is 0.484 e. The highest BCUT2D eigenvalue weighted by atomic mass is 32.2. The first-order valence-electron chi connectivity index (χ1n) is 7.09. The molecule has 1 saturated heterocycles. The molecule has 0 unspecified atom stereocenters. The highest BCUT2D eigenvalue weighted by molar-refractivity contribution is 7.88. The van der Waals surface area contributed by atoms with Gasteiger partial charge in [-0.25, -0.2) is 8.42 Å². The molecule has 2 rings (SSSR count). The number of hydrogen-bond donors (Lipinski definition) is 0. The van der Waals surface area contributed by atoms with Gasteiger partial charge in [0.15, 0.2) is 6.61 Å². The number of halogens is 3. The summed E-state index contributed by atoms with van der Waals surface area (Å²) in [5.74, 6) is 0.176. The first-order chi connectivity index (χ1) is 10.6. The van der Waals surface area contributed by atoms with E-state index in [1.807, 2.05) is 6.07 Å². The molecule has 0 aliphatic carbocycles. The Morgan fingerprint density at radius 3 is 2.39 bits per heavy atom. The molecule has 1 aliphatic heterocycles. The van der Waals surface area contributed by atoms with E-state index in [0.29, 0.717) is 32.7 Å². The minimum atomic E-state index is -4.36. The molecule has 0 saturated carbocycles. The first kappa shape index (κ1) is 18.0. The zero-order valence-electron chi connectivity index (χ0n) is 12.7. The Labute approximate surface area is 133 Å². The van der Waals surface area contributed by atoms with Gasteiger partial charge in [-0.3, -0.25) is 4.90 Å². The molecule has 0 atom stereocenters. The maximum Gasteiger partial charge on any atom is 0.422 e. The summed E-state index contributed by atoms with van der Waals surface area (Å²) in [6.07, 6.45) is -3.18. The summed E-state index contributed by atoms with van der Waals surface area (Å²) in [6.45, 7) is 1.23. The van der Waals surface area contributed by atoms with Crippen LogP contribution in [0.25, 0.3) is 0 Å². The van der Waals surface area contributed by atoms with Crippen LogP contribution in [0.2, 0.25) is 0 Å².